The van der Waals surface area contributed by atoms with Gasteiger partial charge in [-0.05, 0) is 18.1 Å². The van der Waals surface area contributed by atoms with Gasteiger partial charge in [0.25, 0.3) is 0 Å². The van der Waals surface area contributed by atoms with E-state index in [2.05, 4.69) is 26.5 Å². The zero-order valence-corrected chi connectivity index (χ0v) is 10.1. The van der Waals surface area contributed by atoms with Crippen molar-refractivity contribution in [2.24, 2.45) is 10.7 Å². The lowest BCUT2D eigenvalue weighted by molar-refractivity contribution is 0.246. The minimum absolute atomic E-state index is 0.0297. The number of hydrogen-bond acceptors (Lipinski definition) is 3. The second-order valence-corrected chi connectivity index (χ2v) is 3.35. The minimum Gasteiger partial charge on any atom is -0.369 e. The van der Waals surface area contributed by atoms with E-state index in [1.165, 1.54) is 0 Å². The maximum Gasteiger partial charge on any atom is 0.322 e. The van der Waals surface area contributed by atoms with Gasteiger partial charge in [0.05, 0.1) is 6.54 Å². The van der Waals surface area contributed by atoms with E-state index in [-0.39, 0.29) is 12.5 Å². The van der Waals surface area contributed by atoms with Crippen LogP contribution in [-0.2, 0) is 6.42 Å². The van der Waals surface area contributed by atoms with Crippen molar-refractivity contribution in [3.8, 4) is 12.3 Å². The lowest BCUT2D eigenvalue weighted by Crippen LogP contribution is -2.43. The van der Waals surface area contributed by atoms with Gasteiger partial charge in [-0.15, -0.1) is 6.42 Å². The monoisotopic (exact) mass is 245 g/mol. The molecule has 0 fully saturated rings. The molecule has 0 saturated carbocycles. The molecule has 0 saturated heterocycles. The molecule has 1 rings (SSSR count). The number of hydrogen-bond donors (Lipinski definition) is 3. The first-order valence-electron chi connectivity index (χ1n) is 5.43. The van der Waals surface area contributed by atoms with Crippen molar-refractivity contribution in [2.75, 3.05) is 6.54 Å². The number of carbonyl (C=O) groups excluding carboxylic acids is 1. The number of terminal acetylenes is 1. The Balaban J connectivity index is 2.71. The summed E-state index contributed by atoms with van der Waals surface area (Å²) < 4.78 is 0. The molecule has 1 aromatic rings. The molecule has 18 heavy (non-hydrogen) atoms. The second-order valence-electron chi connectivity index (χ2n) is 3.35. The summed E-state index contributed by atoms with van der Waals surface area (Å²) in [4.78, 5) is 19.4. The van der Waals surface area contributed by atoms with E-state index in [0.29, 0.717) is 5.82 Å². The zero-order chi connectivity index (χ0) is 13.4. The van der Waals surface area contributed by atoms with E-state index in [9.17, 15) is 4.79 Å². The van der Waals surface area contributed by atoms with Crippen LogP contribution in [0.3, 0.4) is 0 Å². The highest BCUT2D eigenvalue weighted by molar-refractivity contribution is 5.96. The van der Waals surface area contributed by atoms with Gasteiger partial charge in [-0.3, -0.25) is 5.32 Å². The maximum absolute atomic E-state index is 11.3. The van der Waals surface area contributed by atoms with E-state index >= 15 is 0 Å². The van der Waals surface area contributed by atoms with E-state index in [4.69, 9.17) is 12.2 Å². The summed E-state index contributed by atoms with van der Waals surface area (Å²) in [5.74, 6) is 2.74. The van der Waals surface area contributed by atoms with Crippen molar-refractivity contribution in [2.45, 2.75) is 13.3 Å². The summed E-state index contributed by atoms with van der Waals surface area (Å²) in [5.41, 5.74) is 6.54. The Morgan fingerprint density at radius 3 is 3.11 bits per heavy atom. The molecular formula is C12H15N5O. The molecule has 0 aliphatic rings. The second kappa shape index (κ2) is 6.91. The quantitative estimate of drug-likeness (QED) is 0.412. The predicted octanol–water partition coefficient (Wildman–Crippen LogP) is 0.523. The molecule has 6 nitrogen and oxygen atoms in total. The van der Waals surface area contributed by atoms with Gasteiger partial charge in [-0.25, -0.2) is 9.78 Å². The van der Waals surface area contributed by atoms with Crippen molar-refractivity contribution in [3.05, 3.63) is 23.9 Å². The number of nitrogens with two attached hydrogens (primary N) is 1. The minimum atomic E-state index is -0.497. The van der Waals surface area contributed by atoms with Crippen LogP contribution in [0.4, 0.5) is 10.6 Å². The van der Waals surface area contributed by atoms with Crippen LogP contribution in [0.25, 0.3) is 0 Å². The van der Waals surface area contributed by atoms with Crippen molar-refractivity contribution < 1.29 is 4.79 Å². The first kappa shape index (κ1) is 13.5. The van der Waals surface area contributed by atoms with Crippen molar-refractivity contribution in [1.82, 2.24) is 15.6 Å². The molecule has 0 unspecified atom stereocenters. The number of pyridine rings is 1. The fourth-order valence-electron chi connectivity index (χ4n) is 1.24. The van der Waals surface area contributed by atoms with Crippen molar-refractivity contribution in [3.63, 3.8) is 0 Å². The Morgan fingerprint density at radius 2 is 2.44 bits per heavy atom. The summed E-state index contributed by atoms with van der Waals surface area (Å²) in [7, 11) is 0. The molecule has 0 aliphatic heterocycles. The number of aromatic nitrogens is 1. The number of urea groups is 1. The van der Waals surface area contributed by atoms with Gasteiger partial charge in [-0.2, -0.15) is 4.99 Å². The third-order valence-corrected chi connectivity index (χ3v) is 2.07. The summed E-state index contributed by atoms with van der Waals surface area (Å²) >= 11 is 0. The Kier molecular flexibility index (Phi) is 5.19. The largest absolute Gasteiger partial charge is 0.369 e. The van der Waals surface area contributed by atoms with Crippen LogP contribution >= 0.6 is 0 Å². The number of guanidine groups is 1. The van der Waals surface area contributed by atoms with Gasteiger partial charge in [0.1, 0.15) is 0 Å². The average Bonchev–Trinajstić information content (AvgIpc) is 2.36. The number of rotatable bonds is 3. The number of aryl methyl sites for hydroxylation is 1. The van der Waals surface area contributed by atoms with Crippen LogP contribution in [0.5, 0.6) is 0 Å². The Labute approximate surface area is 106 Å². The Bertz CT molecular complexity index is 489. The molecule has 4 N–H and O–H groups in total. The first-order chi connectivity index (χ1) is 8.67. The smallest absolute Gasteiger partial charge is 0.322 e. The summed E-state index contributed by atoms with van der Waals surface area (Å²) in [6.07, 6.45) is 7.40. The number of aliphatic imine (C=N–C) groups is 1. The van der Waals surface area contributed by atoms with Gasteiger partial charge in [0.2, 0.25) is 5.96 Å². The Hall–Kier alpha value is -2.55. The van der Waals surface area contributed by atoms with Crippen LogP contribution in [0, 0.1) is 12.3 Å². The lowest BCUT2D eigenvalue weighted by atomic mass is 10.2. The van der Waals surface area contributed by atoms with Gasteiger partial charge in [-0.1, -0.05) is 18.9 Å². The zero-order valence-electron chi connectivity index (χ0n) is 10.1. The maximum atomic E-state index is 11.3. The highest BCUT2D eigenvalue weighted by Gasteiger charge is 2.03. The molecule has 0 spiro atoms. The van der Waals surface area contributed by atoms with Crippen LogP contribution < -0.4 is 16.4 Å². The normalized spacial score (nSPS) is 10.6. The van der Waals surface area contributed by atoms with Crippen LogP contribution in [0.15, 0.2) is 23.3 Å². The SMILES string of the molecule is C#CCNC(=O)N/C(N)=N/c1ncccc1CC. The summed E-state index contributed by atoms with van der Waals surface area (Å²) in [6.45, 7) is 2.11. The van der Waals surface area contributed by atoms with Crippen molar-refractivity contribution in [1.29, 1.82) is 0 Å². The molecular weight excluding hydrogens is 230 g/mol. The van der Waals surface area contributed by atoms with Gasteiger partial charge in [0.15, 0.2) is 5.82 Å². The van der Waals surface area contributed by atoms with Gasteiger partial charge in [0, 0.05) is 6.20 Å². The average molecular weight is 245 g/mol. The molecule has 0 aromatic carbocycles. The molecule has 1 aromatic heterocycles. The lowest BCUT2D eigenvalue weighted by Gasteiger charge is -2.05. The van der Waals surface area contributed by atoms with Crippen LogP contribution in [-0.4, -0.2) is 23.5 Å². The van der Waals surface area contributed by atoms with Gasteiger partial charge >= 0.3 is 6.03 Å². The summed E-state index contributed by atoms with van der Waals surface area (Å²) in [6, 6.07) is 3.22. The summed E-state index contributed by atoms with van der Waals surface area (Å²) in [5, 5.41) is 4.77. The fourth-order valence-corrected chi connectivity index (χ4v) is 1.24. The topological polar surface area (TPSA) is 92.4 Å². The van der Waals surface area contributed by atoms with E-state index in [0.717, 1.165) is 12.0 Å². The third kappa shape index (κ3) is 4.14. The van der Waals surface area contributed by atoms with E-state index in [1.54, 1.807) is 6.20 Å². The number of nitrogens with one attached hydrogen (secondary N) is 2. The van der Waals surface area contributed by atoms with Crippen LogP contribution in [0.2, 0.25) is 0 Å². The predicted molar refractivity (Wildman–Crippen MR) is 70.3 cm³/mol. The molecule has 0 bridgehead atoms. The molecule has 1 heterocycles. The molecule has 0 radical (unpaired) electrons. The molecule has 94 valence electrons. The number of amides is 2. The van der Waals surface area contributed by atoms with Crippen LogP contribution in [0.1, 0.15) is 12.5 Å². The van der Waals surface area contributed by atoms with E-state index < -0.39 is 6.03 Å². The number of nitrogens with zero attached hydrogens (tertiary/aromatic N) is 2. The van der Waals surface area contributed by atoms with Gasteiger partial charge < -0.3 is 11.1 Å². The molecule has 2 amide bonds. The first-order valence-corrected chi connectivity index (χ1v) is 5.43. The molecule has 0 atom stereocenters. The Morgan fingerprint density at radius 1 is 1.67 bits per heavy atom. The van der Waals surface area contributed by atoms with Crippen molar-refractivity contribution >= 4 is 17.8 Å². The molecule has 6 heteroatoms. The molecule has 0 aliphatic carbocycles. The highest BCUT2D eigenvalue weighted by atomic mass is 16.2. The third-order valence-electron chi connectivity index (χ3n) is 2.07. The highest BCUT2D eigenvalue weighted by Crippen LogP contribution is 2.14. The fraction of sp³-hybridized carbons (Fsp3) is 0.250. The van der Waals surface area contributed by atoms with E-state index in [1.807, 2.05) is 19.1 Å². The standard InChI is InChI=1S/C12H15N5O/c1-3-7-15-12(18)17-11(13)16-10-9(4-2)6-5-8-14-10/h1,5-6,8H,4,7H2,2H3,(H4,13,14,15,16,17,18). The number of carbonyl (C=O) groups is 1.